The minimum absolute atomic E-state index is 0.101. The van der Waals surface area contributed by atoms with Crippen LogP contribution in [0, 0.1) is 0 Å². The third-order valence-corrected chi connectivity index (χ3v) is 3.70. The van der Waals surface area contributed by atoms with Gasteiger partial charge in [-0.1, -0.05) is 6.92 Å². The standard InChI is InChI=1S/C10H20N4O2S/c1-3-11-6-8-17(15,16)13-10(2)9-14-7-4-5-12-14/h4-5,7,10-11,13H,3,6,8-9H2,1-2H3. The van der Waals surface area contributed by atoms with E-state index in [4.69, 9.17) is 0 Å². The summed E-state index contributed by atoms with van der Waals surface area (Å²) < 4.78 is 27.7. The van der Waals surface area contributed by atoms with E-state index < -0.39 is 10.0 Å². The molecule has 0 spiro atoms. The van der Waals surface area contributed by atoms with Crippen molar-refractivity contribution >= 4 is 10.0 Å². The Kier molecular flexibility index (Phi) is 5.60. The quantitative estimate of drug-likeness (QED) is 0.635. The number of hydrogen-bond donors (Lipinski definition) is 2. The van der Waals surface area contributed by atoms with Crippen LogP contribution in [0.2, 0.25) is 0 Å². The van der Waals surface area contributed by atoms with E-state index in [2.05, 4.69) is 15.1 Å². The Morgan fingerprint density at radius 2 is 2.24 bits per heavy atom. The van der Waals surface area contributed by atoms with Crippen LogP contribution in [-0.4, -0.2) is 43.1 Å². The summed E-state index contributed by atoms with van der Waals surface area (Å²) in [6, 6.07) is 1.65. The van der Waals surface area contributed by atoms with Crippen LogP contribution in [-0.2, 0) is 16.6 Å². The fourth-order valence-electron chi connectivity index (χ4n) is 1.48. The van der Waals surface area contributed by atoms with Gasteiger partial charge in [0.15, 0.2) is 0 Å². The predicted octanol–water partition coefficient (Wildman–Crippen LogP) is -0.199. The molecule has 0 fully saturated rings. The van der Waals surface area contributed by atoms with Crippen LogP contribution < -0.4 is 10.0 Å². The van der Waals surface area contributed by atoms with Gasteiger partial charge in [0.05, 0.1) is 12.3 Å². The lowest BCUT2D eigenvalue weighted by molar-refractivity contribution is 0.493. The summed E-state index contributed by atoms with van der Waals surface area (Å²) in [6.07, 6.45) is 3.48. The molecule has 1 rings (SSSR count). The van der Waals surface area contributed by atoms with Crippen LogP contribution in [0.1, 0.15) is 13.8 Å². The van der Waals surface area contributed by atoms with Gasteiger partial charge in [0.25, 0.3) is 0 Å². The third-order valence-electron chi connectivity index (χ3n) is 2.20. The molecular weight excluding hydrogens is 240 g/mol. The third kappa shape index (κ3) is 5.81. The molecule has 0 aliphatic heterocycles. The summed E-state index contributed by atoms with van der Waals surface area (Å²) in [4.78, 5) is 0. The largest absolute Gasteiger partial charge is 0.316 e. The normalized spacial score (nSPS) is 13.8. The smallest absolute Gasteiger partial charge is 0.213 e. The molecule has 1 heterocycles. The van der Waals surface area contributed by atoms with E-state index in [0.29, 0.717) is 13.1 Å². The number of sulfonamides is 1. The maximum Gasteiger partial charge on any atom is 0.213 e. The van der Waals surface area contributed by atoms with Crippen molar-refractivity contribution in [1.29, 1.82) is 0 Å². The zero-order valence-corrected chi connectivity index (χ0v) is 11.1. The van der Waals surface area contributed by atoms with E-state index in [1.54, 1.807) is 10.9 Å². The lowest BCUT2D eigenvalue weighted by Gasteiger charge is -2.14. The van der Waals surface area contributed by atoms with Gasteiger partial charge in [-0.15, -0.1) is 0 Å². The lowest BCUT2D eigenvalue weighted by Crippen LogP contribution is -2.39. The minimum Gasteiger partial charge on any atom is -0.316 e. The highest BCUT2D eigenvalue weighted by molar-refractivity contribution is 7.89. The Hall–Kier alpha value is -0.920. The number of hydrogen-bond acceptors (Lipinski definition) is 4. The Morgan fingerprint density at radius 1 is 1.47 bits per heavy atom. The number of nitrogens with zero attached hydrogens (tertiary/aromatic N) is 2. The molecule has 0 aliphatic rings. The first kappa shape index (κ1) is 14.1. The molecule has 2 N–H and O–H groups in total. The molecule has 1 atom stereocenters. The highest BCUT2D eigenvalue weighted by atomic mass is 32.2. The average Bonchev–Trinajstić information content (AvgIpc) is 2.69. The zero-order valence-electron chi connectivity index (χ0n) is 10.3. The van der Waals surface area contributed by atoms with Gasteiger partial charge < -0.3 is 5.32 Å². The van der Waals surface area contributed by atoms with Gasteiger partial charge in [-0.05, 0) is 19.5 Å². The summed E-state index contributed by atoms with van der Waals surface area (Å²) >= 11 is 0. The van der Waals surface area contributed by atoms with Crippen LogP contribution in [0.4, 0.5) is 0 Å². The molecule has 0 saturated heterocycles. The average molecular weight is 260 g/mol. The van der Waals surface area contributed by atoms with Crippen molar-refractivity contribution in [3.63, 3.8) is 0 Å². The zero-order chi connectivity index (χ0) is 12.7. The topological polar surface area (TPSA) is 76.0 Å². The summed E-state index contributed by atoms with van der Waals surface area (Å²) in [5, 5.41) is 7.02. The molecule has 17 heavy (non-hydrogen) atoms. The van der Waals surface area contributed by atoms with Crippen LogP contribution >= 0.6 is 0 Å². The first-order valence-corrected chi connectivity index (χ1v) is 7.37. The molecule has 6 nitrogen and oxygen atoms in total. The van der Waals surface area contributed by atoms with Gasteiger partial charge in [-0.25, -0.2) is 13.1 Å². The molecule has 7 heteroatoms. The summed E-state index contributed by atoms with van der Waals surface area (Å²) in [7, 11) is -3.21. The Labute approximate surface area is 102 Å². The molecule has 1 unspecified atom stereocenters. The number of rotatable bonds is 8. The summed E-state index contributed by atoms with van der Waals surface area (Å²) in [5.41, 5.74) is 0. The molecular formula is C10H20N4O2S. The Bertz CT molecular complexity index is 402. The van der Waals surface area contributed by atoms with Crippen molar-refractivity contribution in [2.24, 2.45) is 0 Å². The first-order valence-electron chi connectivity index (χ1n) is 5.71. The lowest BCUT2D eigenvalue weighted by atomic mass is 10.4. The van der Waals surface area contributed by atoms with Gasteiger partial charge in [0.1, 0.15) is 0 Å². The van der Waals surface area contributed by atoms with Crippen molar-refractivity contribution in [1.82, 2.24) is 19.8 Å². The number of nitrogens with one attached hydrogen (secondary N) is 2. The van der Waals surface area contributed by atoms with Crippen LogP contribution in [0.15, 0.2) is 18.5 Å². The van der Waals surface area contributed by atoms with Crippen molar-refractivity contribution < 1.29 is 8.42 Å². The molecule has 0 aromatic carbocycles. The van der Waals surface area contributed by atoms with Gasteiger partial charge in [0, 0.05) is 25.0 Å². The molecule has 0 radical (unpaired) electrons. The van der Waals surface area contributed by atoms with Gasteiger partial charge in [-0.2, -0.15) is 5.10 Å². The first-order chi connectivity index (χ1) is 8.03. The molecule has 0 aliphatic carbocycles. The van der Waals surface area contributed by atoms with Gasteiger partial charge in [-0.3, -0.25) is 4.68 Å². The van der Waals surface area contributed by atoms with Crippen LogP contribution in [0.25, 0.3) is 0 Å². The maximum absolute atomic E-state index is 11.7. The molecule has 1 aromatic rings. The second-order valence-corrected chi connectivity index (χ2v) is 5.79. The fraction of sp³-hybridized carbons (Fsp3) is 0.700. The maximum atomic E-state index is 11.7. The highest BCUT2D eigenvalue weighted by Crippen LogP contribution is 1.94. The predicted molar refractivity (Wildman–Crippen MR) is 67.2 cm³/mol. The van der Waals surface area contributed by atoms with Crippen LogP contribution in [0.3, 0.4) is 0 Å². The summed E-state index contributed by atoms with van der Waals surface area (Å²) in [6.45, 7) is 5.55. The molecule has 0 bridgehead atoms. The Balaban J connectivity index is 2.36. The monoisotopic (exact) mass is 260 g/mol. The molecule has 98 valence electrons. The number of aromatic nitrogens is 2. The SMILES string of the molecule is CCNCCS(=O)(=O)NC(C)Cn1cccn1. The molecule has 0 saturated carbocycles. The van der Waals surface area contributed by atoms with Gasteiger partial charge in [0.2, 0.25) is 10.0 Å². The van der Waals surface area contributed by atoms with E-state index >= 15 is 0 Å². The van der Waals surface area contributed by atoms with Crippen molar-refractivity contribution in [2.45, 2.75) is 26.4 Å². The second-order valence-electron chi connectivity index (χ2n) is 3.92. The molecule has 1 aromatic heterocycles. The second kappa shape index (κ2) is 6.73. The molecule has 0 amide bonds. The van der Waals surface area contributed by atoms with Gasteiger partial charge >= 0.3 is 0 Å². The van der Waals surface area contributed by atoms with Crippen molar-refractivity contribution in [2.75, 3.05) is 18.8 Å². The van der Waals surface area contributed by atoms with Crippen LogP contribution in [0.5, 0.6) is 0 Å². The minimum atomic E-state index is -3.21. The van der Waals surface area contributed by atoms with E-state index in [0.717, 1.165) is 6.54 Å². The van der Waals surface area contributed by atoms with E-state index in [-0.39, 0.29) is 11.8 Å². The summed E-state index contributed by atoms with van der Waals surface area (Å²) in [5.74, 6) is 0.101. The van der Waals surface area contributed by atoms with E-state index in [9.17, 15) is 8.42 Å². The fourth-order valence-corrected chi connectivity index (χ4v) is 2.69. The Morgan fingerprint density at radius 3 is 2.82 bits per heavy atom. The van der Waals surface area contributed by atoms with Crippen molar-refractivity contribution in [3.8, 4) is 0 Å². The van der Waals surface area contributed by atoms with E-state index in [1.165, 1.54) is 0 Å². The van der Waals surface area contributed by atoms with Crippen molar-refractivity contribution in [3.05, 3.63) is 18.5 Å². The van der Waals surface area contributed by atoms with E-state index in [1.807, 2.05) is 26.1 Å². The highest BCUT2D eigenvalue weighted by Gasteiger charge is 2.14.